The topological polar surface area (TPSA) is 0 Å². The number of hydrogen-bond donors (Lipinski definition) is 0. The lowest BCUT2D eigenvalue weighted by Gasteiger charge is -2.29. The second-order valence-electron chi connectivity index (χ2n) is 5.81. The predicted molar refractivity (Wildman–Crippen MR) is 69.7 cm³/mol. The van der Waals surface area contributed by atoms with Gasteiger partial charge in [0.05, 0.1) is 0 Å². The lowest BCUT2D eigenvalue weighted by molar-refractivity contribution is 0.131. The average Bonchev–Trinajstić information content (AvgIpc) is 2.31. The smallest absolute Gasteiger partial charge is 0.131 e. The van der Waals surface area contributed by atoms with Gasteiger partial charge in [-0.1, -0.05) is 58.3 Å². The van der Waals surface area contributed by atoms with E-state index in [-0.39, 0.29) is 0 Å². The van der Waals surface area contributed by atoms with Crippen LogP contribution in [0.15, 0.2) is 0 Å². The Labute approximate surface area is 105 Å². The monoisotopic (exact) mass is 246 g/mol. The van der Waals surface area contributed by atoms with E-state index >= 15 is 0 Å². The minimum atomic E-state index is -1.29. The number of rotatable bonds is 7. The van der Waals surface area contributed by atoms with Crippen molar-refractivity contribution in [1.29, 1.82) is 0 Å². The van der Waals surface area contributed by atoms with Gasteiger partial charge in [-0.15, -0.1) is 0 Å². The first-order valence-electron chi connectivity index (χ1n) is 7.41. The zero-order chi connectivity index (χ0) is 12.7. The molecular formula is C15H28F2. The molecule has 2 atom stereocenters. The number of unbranched alkanes of at least 4 members (excludes halogenated alkanes) is 2. The van der Waals surface area contributed by atoms with Crippen LogP contribution in [-0.2, 0) is 0 Å². The van der Waals surface area contributed by atoms with E-state index < -0.39 is 12.3 Å². The van der Waals surface area contributed by atoms with Gasteiger partial charge in [0.2, 0.25) is 0 Å². The van der Waals surface area contributed by atoms with Crippen LogP contribution in [0.3, 0.4) is 0 Å². The third kappa shape index (κ3) is 5.83. The van der Waals surface area contributed by atoms with Crippen molar-refractivity contribution in [3.05, 3.63) is 0 Å². The Balaban J connectivity index is 2.13. The molecule has 0 aromatic carbocycles. The first-order valence-corrected chi connectivity index (χ1v) is 7.41. The molecule has 0 heterocycles. The predicted octanol–water partition coefficient (Wildman–Crippen LogP) is 5.46. The SMILES string of the molecule is CCCCCC1CCC(CC(F)[C@H](C)F)CC1. The van der Waals surface area contributed by atoms with Crippen molar-refractivity contribution >= 4 is 0 Å². The summed E-state index contributed by atoms with van der Waals surface area (Å²) in [6.45, 7) is 3.57. The highest BCUT2D eigenvalue weighted by molar-refractivity contribution is 4.76. The van der Waals surface area contributed by atoms with E-state index in [0.29, 0.717) is 12.3 Å². The molecule has 1 rings (SSSR count). The van der Waals surface area contributed by atoms with Gasteiger partial charge < -0.3 is 0 Å². The maximum atomic E-state index is 13.3. The Morgan fingerprint density at radius 1 is 1.00 bits per heavy atom. The van der Waals surface area contributed by atoms with Crippen LogP contribution < -0.4 is 0 Å². The summed E-state index contributed by atoms with van der Waals surface area (Å²) in [7, 11) is 0. The molecule has 0 radical (unpaired) electrons. The van der Waals surface area contributed by atoms with E-state index in [4.69, 9.17) is 0 Å². The standard InChI is InChI=1S/C15H28F2/c1-3-4-5-6-13-7-9-14(10-8-13)11-15(17)12(2)16/h12-15H,3-11H2,1-2H3/t12-,13?,14?,15?/m0/s1. The van der Waals surface area contributed by atoms with Gasteiger partial charge >= 0.3 is 0 Å². The Morgan fingerprint density at radius 3 is 2.12 bits per heavy atom. The maximum absolute atomic E-state index is 13.3. The largest absolute Gasteiger partial charge is 0.245 e. The fourth-order valence-corrected chi connectivity index (χ4v) is 2.94. The van der Waals surface area contributed by atoms with Gasteiger partial charge in [0.25, 0.3) is 0 Å². The summed E-state index contributed by atoms with van der Waals surface area (Å²) >= 11 is 0. The normalized spacial score (nSPS) is 28.9. The molecule has 1 aliphatic rings. The molecule has 2 heteroatoms. The third-order valence-corrected chi connectivity index (χ3v) is 4.24. The highest BCUT2D eigenvalue weighted by Gasteiger charge is 2.25. The van der Waals surface area contributed by atoms with Gasteiger partial charge in [0.15, 0.2) is 0 Å². The van der Waals surface area contributed by atoms with Crippen LogP contribution in [0.2, 0.25) is 0 Å². The number of alkyl halides is 2. The van der Waals surface area contributed by atoms with Gasteiger partial charge in [-0.2, -0.15) is 0 Å². The van der Waals surface area contributed by atoms with Gasteiger partial charge in [-0.25, -0.2) is 8.78 Å². The molecule has 0 aliphatic heterocycles. The Morgan fingerprint density at radius 2 is 1.59 bits per heavy atom. The molecule has 0 aromatic heterocycles. The molecule has 1 unspecified atom stereocenters. The summed E-state index contributed by atoms with van der Waals surface area (Å²) in [5.74, 6) is 1.30. The van der Waals surface area contributed by atoms with Crippen LogP contribution in [0.5, 0.6) is 0 Å². The van der Waals surface area contributed by atoms with Crippen molar-refractivity contribution in [2.24, 2.45) is 11.8 Å². The molecule has 0 aromatic rings. The molecule has 102 valence electrons. The van der Waals surface area contributed by atoms with Gasteiger partial charge in [-0.3, -0.25) is 0 Å². The van der Waals surface area contributed by atoms with Crippen LogP contribution >= 0.6 is 0 Å². The molecule has 1 aliphatic carbocycles. The zero-order valence-electron chi connectivity index (χ0n) is 11.4. The quantitative estimate of drug-likeness (QED) is 0.523. The Bertz CT molecular complexity index is 183. The van der Waals surface area contributed by atoms with Crippen molar-refractivity contribution in [3.8, 4) is 0 Å². The van der Waals surface area contributed by atoms with E-state index in [9.17, 15) is 8.78 Å². The van der Waals surface area contributed by atoms with Crippen molar-refractivity contribution in [2.45, 2.75) is 84.0 Å². The zero-order valence-corrected chi connectivity index (χ0v) is 11.4. The summed E-state index contributed by atoms with van der Waals surface area (Å²) in [5.41, 5.74) is 0. The molecule has 0 amide bonds. The van der Waals surface area contributed by atoms with Gasteiger partial charge in [-0.05, 0) is 25.2 Å². The summed E-state index contributed by atoms with van der Waals surface area (Å²) in [5, 5.41) is 0. The molecule has 0 N–H and O–H groups in total. The third-order valence-electron chi connectivity index (χ3n) is 4.24. The summed E-state index contributed by atoms with van der Waals surface area (Å²) in [6.07, 6.45) is 7.93. The molecule has 1 saturated carbocycles. The fraction of sp³-hybridized carbons (Fsp3) is 1.00. The average molecular weight is 246 g/mol. The van der Waals surface area contributed by atoms with Crippen molar-refractivity contribution in [1.82, 2.24) is 0 Å². The van der Waals surface area contributed by atoms with Crippen LogP contribution in [0, 0.1) is 11.8 Å². The second kappa shape index (κ2) is 8.05. The van der Waals surface area contributed by atoms with Crippen LogP contribution in [0.1, 0.15) is 71.6 Å². The van der Waals surface area contributed by atoms with E-state index in [2.05, 4.69) is 6.92 Å². The summed E-state index contributed by atoms with van der Waals surface area (Å²) in [4.78, 5) is 0. The molecule has 0 bridgehead atoms. The molecule has 0 nitrogen and oxygen atoms in total. The van der Waals surface area contributed by atoms with Crippen molar-refractivity contribution < 1.29 is 8.78 Å². The molecular weight excluding hydrogens is 218 g/mol. The first kappa shape index (κ1) is 14.9. The summed E-state index contributed by atoms with van der Waals surface area (Å²) < 4.78 is 26.0. The lowest BCUT2D eigenvalue weighted by Crippen LogP contribution is -2.22. The highest BCUT2D eigenvalue weighted by atomic mass is 19.2. The van der Waals surface area contributed by atoms with Crippen molar-refractivity contribution in [3.63, 3.8) is 0 Å². The molecule has 1 fully saturated rings. The Hall–Kier alpha value is -0.140. The van der Waals surface area contributed by atoms with E-state index in [1.165, 1.54) is 45.4 Å². The van der Waals surface area contributed by atoms with E-state index in [1.807, 2.05) is 0 Å². The lowest BCUT2D eigenvalue weighted by atomic mass is 9.77. The second-order valence-corrected chi connectivity index (χ2v) is 5.81. The molecule has 0 saturated heterocycles. The minimum Gasteiger partial charge on any atom is -0.245 e. The van der Waals surface area contributed by atoms with Crippen LogP contribution in [0.25, 0.3) is 0 Å². The summed E-state index contributed by atoms with van der Waals surface area (Å²) in [6, 6.07) is 0. The molecule has 17 heavy (non-hydrogen) atoms. The highest BCUT2D eigenvalue weighted by Crippen LogP contribution is 2.35. The van der Waals surface area contributed by atoms with Crippen LogP contribution in [0.4, 0.5) is 8.78 Å². The minimum absolute atomic E-state index is 0.436. The fourth-order valence-electron chi connectivity index (χ4n) is 2.94. The van der Waals surface area contributed by atoms with Gasteiger partial charge in [0.1, 0.15) is 12.3 Å². The number of halogens is 2. The molecule has 0 spiro atoms. The van der Waals surface area contributed by atoms with Crippen molar-refractivity contribution in [2.75, 3.05) is 0 Å². The van der Waals surface area contributed by atoms with Gasteiger partial charge in [0, 0.05) is 0 Å². The van der Waals surface area contributed by atoms with E-state index in [0.717, 1.165) is 18.8 Å². The Kier molecular flexibility index (Phi) is 7.06. The maximum Gasteiger partial charge on any atom is 0.131 e. The first-order chi connectivity index (χ1) is 8.13. The van der Waals surface area contributed by atoms with Crippen LogP contribution in [-0.4, -0.2) is 12.3 Å². The van der Waals surface area contributed by atoms with E-state index in [1.54, 1.807) is 0 Å². The number of hydrogen-bond acceptors (Lipinski definition) is 0.